The van der Waals surface area contributed by atoms with E-state index in [4.69, 9.17) is 27.9 Å². The highest BCUT2D eigenvalue weighted by Crippen LogP contribution is 2.25. The van der Waals surface area contributed by atoms with Gasteiger partial charge < -0.3 is 15.0 Å². The van der Waals surface area contributed by atoms with Crippen LogP contribution < -0.4 is 10.1 Å². The van der Waals surface area contributed by atoms with Crippen LogP contribution in [0, 0.1) is 5.82 Å². The number of imidazole rings is 1. The number of aromatic nitrogens is 2. The molecular weight excluding hydrogens is 436 g/mol. The minimum absolute atomic E-state index is 0.250. The number of nitrogens with zero attached hydrogens (tertiary/aromatic N) is 1. The summed E-state index contributed by atoms with van der Waals surface area (Å²) >= 11 is 12.3. The summed E-state index contributed by atoms with van der Waals surface area (Å²) in [5.74, 6) is 1.34. The van der Waals surface area contributed by atoms with E-state index in [1.54, 1.807) is 12.1 Å². The molecule has 0 saturated carbocycles. The fourth-order valence-corrected chi connectivity index (χ4v) is 3.77. The van der Waals surface area contributed by atoms with Crippen molar-refractivity contribution in [1.82, 2.24) is 15.3 Å². The van der Waals surface area contributed by atoms with E-state index in [1.165, 1.54) is 12.1 Å². The van der Waals surface area contributed by atoms with Crippen LogP contribution in [0.3, 0.4) is 0 Å². The van der Waals surface area contributed by atoms with Crippen LogP contribution in [0.5, 0.6) is 5.75 Å². The van der Waals surface area contributed by atoms with Crippen molar-refractivity contribution in [3.63, 3.8) is 0 Å². The van der Waals surface area contributed by atoms with Gasteiger partial charge in [0.05, 0.1) is 16.1 Å². The summed E-state index contributed by atoms with van der Waals surface area (Å²) in [6.45, 7) is 1.69. The number of benzene rings is 3. The normalized spacial score (nSPS) is 11.2. The summed E-state index contributed by atoms with van der Waals surface area (Å²) in [5.41, 5.74) is 3.73. The van der Waals surface area contributed by atoms with Gasteiger partial charge in [0.1, 0.15) is 24.0 Å². The van der Waals surface area contributed by atoms with Crippen LogP contribution in [0.15, 0.2) is 60.7 Å². The van der Waals surface area contributed by atoms with Crippen LogP contribution in [0.25, 0.3) is 11.0 Å². The Morgan fingerprint density at radius 1 is 1.00 bits per heavy atom. The Morgan fingerprint density at radius 3 is 2.71 bits per heavy atom. The maximum absolute atomic E-state index is 13.2. The molecule has 0 saturated heterocycles. The molecule has 3 aromatic carbocycles. The molecule has 0 amide bonds. The van der Waals surface area contributed by atoms with E-state index in [0.29, 0.717) is 16.6 Å². The van der Waals surface area contributed by atoms with E-state index in [2.05, 4.69) is 15.3 Å². The fraction of sp³-hybridized carbons (Fsp3) is 0.208. The SMILES string of the molecule is Fc1ccc(COc2ccc(Cl)cc2CNCCCc2nc3ccccc3[nH]2)c(Cl)c1. The summed E-state index contributed by atoms with van der Waals surface area (Å²) in [6.07, 6.45) is 1.81. The molecule has 1 aromatic heterocycles. The van der Waals surface area contributed by atoms with E-state index in [1.807, 2.05) is 36.4 Å². The molecule has 0 aliphatic rings. The van der Waals surface area contributed by atoms with Crippen LogP contribution in [0.2, 0.25) is 10.0 Å². The summed E-state index contributed by atoms with van der Waals surface area (Å²) < 4.78 is 19.2. The first-order valence-corrected chi connectivity index (χ1v) is 10.8. The van der Waals surface area contributed by atoms with E-state index >= 15 is 0 Å². The van der Waals surface area contributed by atoms with Crippen molar-refractivity contribution in [3.8, 4) is 5.75 Å². The molecule has 0 aliphatic carbocycles. The second-order valence-electron chi connectivity index (χ2n) is 7.26. The predicted octanol–water partition coefficient (Wildman–Crippen LogP) is 6.31. The number of nitrogens with one attached hydrogen (secondary N) is 2. The summed E-state index contributed by atoms with van der Waals surface area (Å²) in [6, 6.07) is 17.8. The van der Waals surface area contributed by atoms with Gasteiger partial charge in [-0.15, -0.1) is 0 Å². The Bertz CT molecular complexity index is 1150. The summed E-state index contributed by atoms with van der Waals surface area (Å²) in [4.78, 5) is 7.96. The van der Waals surface area contributed by atoms with Gasteiger partial charge in [-0.05, 0) is 55.4 Å². The van der Waals surface area contributed by atoms with E-state index < -0.39 is 0 Å². The second kappa shape index (κ2) is 10.1. The zero-order chi connectivity index (χ0) is 21.6. The molecule has 4 rings (SSSR count). The fourth-order valence-electron chi connectivity index (χ4n) is 3.35. The molecule has 4 aromatic rings. The van der Waals surface area contributed by atoms with E-state index in [0.717, 1.165) is 53.1 Å². The molecule has 0 fully saturated rings. The Balaban J connectivity index is 1.30. The molecule has 0 bridgehead atoms. The quantitative estimate of drug-likeness (QED) is 0.289. The van der Waals surface area contributed by atoms with Gasteiger partial charge in [-0.1, -0.05) is 41.4 Å². The summed E-state index contributed by atoms with van der Waals surface area (Å²) in [7, 11) is 0. The molecule has 160 valence electrons. The lowest BCUT2D eigenvalue weighted by Crippen LogP contribution is -2.16. The number of fused-ring (bicyclic) bond motifs is 1. The van der Waals surface area contributed by atoms with E-state index in [-0.39, 0.29) is 12.4 Å². The molecule has 2 N–H and O–H groups in total. The molecule has 0 atom stereocenters. The van der Waals surface area contributed by atoms with Crippen molar-refractivity contribution >= 4 is 34.2 Å². The van der Waals surface area contributed by atoms with Gasteiger partial charge in [0, 0.05) is 29.1 Å². The average molecular weight is 458 g/mol. The van der Waals surface area contributed by atoms with Gasteiger partial charge in [-0.3, -0.25) is 0 Å². The topological polar surface area (TPSA) is 49.9 Å². The van der Waals surface area contributed by atoms with Crippen molar-refractivity contribution in [1.29, 1.82) is 0 Å². The minimum atomic E-state index is -0.368. The van der Waals surface area contributed by atoms with Gasteiger partial charge in [0.15, 0.2) is 0 Å². The Labute approximate surface area is 190 Å². The zero-order valence-electron chi connectivity index (χ0n) is 16.8. The monoisotopic (exact) mass is 457 g/mol. The number of halogens is 3. The van der Waals surface area contributed by atoms with Gasteiger partial charge in [-0.25, -0.2) is 9.37 Å². The second-order valence-corrected chi connectivity index (χ2v) is 8.10. The van der Waals surface area contributed by atoms with Crippen molar-refractivity contribution in [2.75, 3.05) is 6.54 Å². The lowest BCUT2D eigenvalue weighted by atomic mass is 10.2. The molecule has 7 heteroatoms. The number of aryl methyl sites for hydroxylation is 1. The number of para-hydroxylation sites is 2. The number of aromatic amines is 1. The maximum atomic E-state index is 13.2. The number of rotatable bonds is 9. The lowest BCUT2D eigenvalue weighted by molar-refractivity contribution is 0.302. The highest BCUT2D eigenvalue weighted by atomic mass is 35.5. The van der Waals surface area contributed by atoms with Gasteiger partial charge >= 0.3 is 0 Å². The van der Waals surface area contributed by atoms with E-state index in [9.17, 15) is 4.39 Å². The number of ether oxygens (including phenoxy) is 1. The Hall–Kier alpha value is -2.60. The molecule has 0 spiro atoms. The molecule has 1 heterocycles. The van der Waals surface area contributed by atoms with Crippen LogP contribution in [-0.2, 0) is 19.6 Å². The third-order valence-corrected chi connectivity index (χ3v) is 5.53. The molecule has 31 heavy (non-hydrogen) atoms. The number of H-pyrrole nitrogens is 1. The smallest absolute Gasteiger partial charge is 0.124 e. The largest absolute Gasteiger partial charge is 0.489 e. The first kappa shape index (κ1) is 21.6. The Kier molecular flexibility index (Phi) is 7.07. The standard InChI is InChI=1S/C24H22Cl2FN3O/c25-18-8-10-23(31-15-16-7-9-19(27)13-20(16)26)17(12-18)14-28-11-3-6-24-29-21-4-1-2-5-22(21)30-24/h1-2,4-5,7-10,12-13,28H,3,6,11,14-15H2,(H,29,30). The third-order valence-electron chi connectivity index (χ3n) is 4.94. The number of hydrogen-bond donors (Lipinski definition) is 2. The zero-order valence-corrected chi connectivity index (χ0v) is 18.3. The molecule has 0 aliphatic heterocycles. The molecule has 0 radical (unpaired) electrons. The van der Waals surface area contributed by atoms with Crippen molar-refractivity contribution in [2.45, 2.75) is 26.0 Å². The van der Waals surface area contributed by atoms with Crippen molar-refractivity contribution in [3.05, 3.63) is 93.5 Å². The first-order chi connectivity index (χ1) is 15.1. The minimum Gasteiger partial charge on any atom is -0.489 e. The molecule has 0 unspecified atom stereocenters. The molecule has 4 nitrogen and oxygen atoms in total. The number of hydrogen-bond acceptors (Lipinski definition) is 3. The predicted molar refractivity (Wildman–Crippen MR) is 123 cm³/mol. The van der Waals surface area contributed by atoms with Gasteiger partial charge in [0.2, 0.25) is 0 Å². The average Bonchev–Trinajstić information content (AvgIpc) is 3.17. The van der Waals surface area contributed by atoms with Gasteiger partial charge in [-0.2, -0.15) is 0 Å². The van der Waals surface area contributed by atoms with Crippen LogP contribution in [0.1, 0.15) is 23.4 Å². The lowest BCUT2D eigenvalue weighted by Gasteiger charge is -2.13. The van der Waals surface area contributed by atoms with Crippen molar-refractivity contribution < 1.29 is 9.13 Å². The summed E-state index contributed by atoms with van der Waals surface area (Å²) in [5, 5.41) is 4.43. The third kappa shape index (κ3) is 5.76. The Morgan fingerprint density at radius 2 is 1.87 bits per heavy atom. The maximum Gasteiger partial charge on any atom is 0.124 e. The highest BCUT2D eigenvalue weighted by Gasteiger charge is 2.08. The molecular formula is C24H22Cl2FN3O. The van der Waals surface area contributed by atoms with Crippen LogP contribution in [-0.4, -0.2) is 16.5 Å². The highest BCUT2D eigenvalue weighted by molar-refractivity contribution is 6.31. The van der Waals surface area contributed by atoms with Gasteiger partial charge in [0.25, 0.3) is 0 Å². The first-order valence-electron chi connectivity index (χ1n) is 10.1. The van der Waals surface area contributed by atoms with Crippen LogP contribution >= 0.6 is 23.2 Å². The van der Waals surface area contributed by atoms with Crippen molar-refractivity contribution in [2.24, 2.45) is 0 Å². The van der Waals surface area contributed by atoms with Crippen LogP contribution in [0.4, 0.5) is 4.39 Å².